The Balaban J connectivity index is 1.89. The highest BCUT2D eigenvalue weighted by Gasteiger charge is 2.36. The van der Waals surface area contributed by atoms with E-state index in [4.69, 9.17) is 18.0 Å². The highest BCUT2D eigenvalue weighted by atomic mass is 32.1. The molecule has 19 heavy (non-hydrogen) atoms. The lowest BCUT2D eigenvalue weighted by Crippen LogP contribution is -2.56. The van der Waals surface area contributed by atoms with Gasteiger partial charge in [-0.2, -0.15) is 0 Å². The minimum Gasteiger partial charge on any atom is -0.392 e. The quantitative estimate of drug-likeness (QED) is 0.731. The monoisotopic (exact) mass is 284 g/mol. The highest BCUT2D eigenvalue weighted by Crippen LogP contribution is 2.19. The topological polar surface area (TPSA) is 52.8 Å². The number of nitrogens with zero attached hydrogens (tertiary/aromatic N) is 3. The lowest BCUT2D eigenvalue weighted by molar-refractivity contribution is -0.131. The second-order valence-corrected chi connectivity index (χ2v) is 5.93. The Labute approximate surface area is 120 Å². The van der Waals surface area contributed by atoms with Crippen molar-refractivity contribution in [3.05, 3.63) is 0 Å². The number of piperazine rings is 1. The third-order valence-corrected chi connectivity index (χ3v) is 4.62. The molecule has 2 rings (SSSR count). The number of thiocarbonyl (C=S) groups is 1. The van der Waals surface area contributed by atoms with Crippen LogP contribution in [0.25, 0.3) is 0 Å². The lowest BCUT2D eigenvalue weighted by atomic mass is 10.1. The Bertz CT molecular complexity index is 355. The number of carbonyl (C=O) groups is 1. The Morgan fingerprint density at radius 2 is 2.00 bits per heavy atom. The van der Waals surface area contributed by atoms with Crippen LogP contribution in [0.15, 0.2) is 0 Å². The SMILES string of the molecule is CCC(C(N)=S)N1CCN(C2CCN(C)C2=O)CC1. The van der Waals surface area contributed by atoms with Crippen LogP contribution >= 0.6 is 12.2 Å². The van der Waals surface area contributed by atoms with E-state index in [9.17, 15) is 4.79 Å². The van der Waals surface area contributed by atoms with E-state index in [1.54, 1.807) is 0 Å². The molecule has 5 nitrogen and oxygen atoms in total. The van der Waals surface area contributed by atoms with Crippen LogP contribution in [0.5, 0.6) is 0 Å². The molecule has 2 unspecified atom stereocenters. The van der Waals surface area contributed by atoms with Gasteiger partial charge < -0.3 is 10.6 Å². The first-order valence-electron chi connectivity index (χ1n) is 7.07. The van der Waals surface area contributed by atoms with Gasteiger partial charge in [-0.15, -0.1) is 0 Å². The van der Waals surface area contributed by atoms with Gasteiger partial charge in [0.25, 0.3) is 0 Å². The summed E-state index contributed by atoms with van der Waals surface area (Å²) in [5.74, 6) is 0.273. The largest absolute Gasteiger partial charge is 0.392 e. The van der Waals surface area contributed by atoms with Gasteiger partial charge >= 0.3 is 0 Å². The van der Waals surface area contributed by atoms with Crippen molar-refractivity contribution in [1.82, 2.24) is 14.7 Å². The second kappa shape index (κ2) is 6.15. The van der Waals surface area contributed by atoms with Gasteiger partial charge in [-0.3, -0.25) is 14.6 Å². The van der Waals surface area contributed by atoms with E-state index in [0.717, 1.165) is 45.6 Å². The third-order valence-electron chi connectivity index (χ3n) is 4.34. The lowest BCUT2D eigenvalue weighted by Gasteiger charge is -2.40. The number of likely N-dealkylation sites (N-methyl/N-ethyl adjacent to an activating group) is 1. The van der Waals surface area contributed by atoms with Gasteiger partial charge in [-0.05, 0) is 12.8 Å². The first-order valence-corrected chi connectivity index (χ1v) is 7.47. The zero-order valence-corrected chi connectivity index (χ0v) is 12.7. The summed E-state index contributed by atoms with van der Waals surface area (Å²) in [5, 5.41) is 0. The minimum absolute atomic E-state index is 0.0945. The molecule has 2 saturated heterocycles. The van der Waals surface area contributed by atoms with Gasteiger partial charge in [0.05, 0.1) is 17.1 Å². The number of rotatable bonds is 4. The normalized spacial score (nSPS) is 27.8. The summed E-state index contributed by atoms with van der Waals surface area (Å²) in [4.78, 5) is 19.1. The third kappa shape index (κ3) is 3.07. The van der Waals surface area contributed by atoms with Crippen LogP contribution in [0.2, 0.25) is 0 Å². The maximum absolute atomic E-state index is 12.0. The molecule has 0 saturated carbocycles. The van der Waals surface area contributed by atoms with Gasteiger partial charge in [-0.25, -0.2) is 0 Å². The van der Waals surface area contributed by atoms with E-state index in [-0.39, 0.29) is 18.0 Å². The maximum Gasteiger partial charge on any atom is 0.239 e. The van der Waals surface area contributed by atoms with Crippen LogP contribution in [0.1, 0.15) is 19.8 Å². The fraction of sp³-hybridized carbons (Fsp3) is 0.846. The van der Waals surface area contributed by atoms with Crippen LogP contribution < -0.4 is 5.73 Å². The number of amides is 1. The summed E-state index contributed by atoms with van der Waals surface area (Å²) in [6.45, 7) is 6.76. The summed E-state index contributed by atoms with van der Waals surface area (Å²) < 4.78 is 0. The molecule has 0 spiro atoms. The minimum atomic E-state index is 0.0945. The van der Waals surface area contributed by atoms with Gasteiger partial charge in [0, 0.05) is 39.8 Å². The Morgan fingerprint density at radius 1 is 1.37 bits per heavy atom. The predicted octanol–water partition coefficient (Wildman–Crippen LogP) is -0.101. The van der Waals surface area contributed by atoms with E-state index in [2.05, 4.69) is 16.7 Å². The van der Waals surface area contributed by atoms with Gasteiger partial charge in [-0.1, -0.05) is 19.1 Å². The van der Waals surface area contributed by atoms with Crippen LogP contribution in [0.4, 0.5) is 0 Å². The van der Waals surface area contributed by atoms with Crippen LogP contribution in [0.3, 0.4) is 0 Å². The zero-order valence-electron chi connectivity index (χ0n) is 11.8. The van der Waals surface area contributed by atoms with Gasteiger partial charge in [0.2, 0.25) is 5.91 Å². The average molecular weight is 284 g/mol. The number of hydrogen-bond acceptors (Lipinski definition) is 4. The molecule has 0 aliphatic carbocycles. The van der Waals surface area contributed by atoms with Crippen molar-refractivity contribution in [2.24, 2.45) is 5.73 Å². The summed E-state index contributed by atoms with van der Waals surface area (Å²) in [5.41, 5.74) is 5.79. The van der Waals surface area contributed by atoms with Crippen molar-refractivity contribution in [1.29, 1.82) is 0 Å². The van der Waals surface area contributed by atoms with Crippen LogP contribution in [-0.4, -0.2) is 77.5 Å². The first-order chi connectivity index (χ1) is 9.04. The standard InChI is InChI=1S/C13H24N4OS/c1-3-10(12(14)19)16-6-8-17(9-7-16)11-4-5-15(2)13(11)18/h10-11H,3-9H2,1-2H3,(H2,14,19). The molecule has 2 N–H and O–H groups in total. The molecule has 108 valence electrons. The molecule has 1 amide bonds. The Morgan fingerprint density at radius 3 is 2.42 bits per heavy atom. The molecule has 2 aliphatic heterocycles. The molecule has 2 heterocycles. The average Bonchev–Trinajstić information content (AvgIpc) is 2.72. The molecule has 6 heteroatoms. The number of nitrogens with two attached hydrogens (primary N) is 1. The fourth-order valence-corrected chi connectivity index (χ4v) is 3.46. The van der Waals surface area contributed by atoms with E-state index in [1.807, 2.05) is 11.9 Å². The van der Waals surface area contributed by atoms with E-state index in [0.29, 0.717) is 4.99 Å². The highest BCUT2D eigenvalue weighted by molar-refractivity contribution is 7.80. The molecule has 0 aromatic heterocycles. The summed E-state index contributed by atoms with van der Waals surface area (Å²) in [6, 6.07) is 0.302. The van der Waals surface area contributed by atoms with Crippen molar-refractivity contribution in [3.63, 3.8) is 0 Å². The number of likely N-dealkylation sites (tertiary alicyclic amines) is 1. The van der Waals surface area contributed by atoms with Crippen molar-refractivity contribution in [3.8, 4) is 0 Å². The van der Waals surface area contributed by atoms with Gasteiger partial charge in [0.15, 0.2) is 0 Å². The van der Waals surface area contributed by atoms with E-state index in [1.165, 1.54) is 0 Å². The Hall–Kier alpha value is -0.720. The molecular formula is C13H24N4OS. The van der Waals surface area contributed by atoms with Crippen LogP contribution in [-0.2, 0) is 4.79 Å². The second-order valence-electron chi connectivity index (χ2n) is 5.46. The predicted molar refractivity (Wildman–Crippen MR) is 80.1 cm³/mol. The number of hydrogen-bond donors (Lipinski definition) is 1. The number of carbonyl (C=O) groups excluding carboxylic acids is 1. The fourth-order valence-electron chi connectivity index (χ4n) is 3.14. The van der Waals surface area contributed by atoms with Crippen molar-refractivity contribution in [2.75, 3.05) is 39.8 Å². The Kier molecular flexibility index (Phi) is 4.76. The molecule has 2 fully saturated rings. The molecule has 2 atom stereocenters. The zero-order chi connectivity index (χ0) is 14.0. The summed E-state index contributed by atoms with van der Waals surface area (Å²) in [7, 11) is 1.89. The van der Waals surface area contributed by atoms with Crippen molar-refractivity contribution in [2.45, 2.75) is 31.8 Å². The van der Waals surface area contributed by atoms with E-state index >= 15 is 0 Å². The maximum atomic E-state index is 12.0. The molecule has 2 aliphatic rings. The van der Waals surface area contributed by atoms with Crippen LogP contribution in [0, 0.1) is 0 Å². The molecular weight excluding hydrogens is 260 g/mol. The summed E-state index contributed by atoms with van der Waals surface area (Å²) >= 11 is 5.13. The van der Waals surface area contributed by atoms with Gasteiger partial charge in [0.1, 0.15) is 0 Å². The summed E-state index contributed by atoms with van der Waals surface area (Å²) in [6.07, 6.45) is 1.92. The first kappa shape index (κ1) is 14.7. The smallest absolute Gasteiger partial charge is 0.239 e. The molecule has 0 aromatic rings. The molecule has 0 aromatic carbocycles. The van der Waals surface area contributed by atoms with Crippen molar-refractivity contribution < 1.29 is 4.79 Å². The van der Waals surface area contributed by atoms with E-state index < -0.39 is 0 Å². The molecule has 0 radical (unpaired) electrons. The molecule has 0 bridgehead atoms. The van der Waals surface area contributed by atoms with Crippen molar-refractivity contribution >= 4 is 23.1 Å².